The Morgan fingerprint density at radius 3 is 2.15 bits per heavy atom. The summed E-state index contributed by atoms with van der Waals surface area (Å²) in [6.45, 7) is 3.52. The summed E-state index contributed by atoms with van der Waals surface area (Å²) in [5, 5.41) is 29.0. The second kappa shape index (κ2) is 26.2. The van der Waals surface area contributed by atoms with Crippen LogP contribution < -0.4 is 32.7 Å². The normalized spacial score (nSPS) is 13.4. The van der Waals surface area contributed by atoms with Crippen LogP contribution in [0.5, 0.6) is 0 Å². The Balaban J connectivity index is 2.06. The number of nitrogens with one attached hydrogen (secondary N) is 4. The average Bonchev–Trinajstić information content (AvgIpc) is 3.13. The van der Waals surface area contributed by atoms with E-state index in [0.29, 0.717) is 12.1 Å². The maximum absolute atomic E-state index is 13.6. The summed E-state index contributed by atoms with van der Waals surface area (Å²) in [5.74, 6) is -4.15. The molecular weight excluding hydrogens is 721 g/mol. The SMILES string of the molecule is CCCCCCCC[C@H](N)C[SiH2]CC[C@H](N)C(=O)N[C@H](Cc1cccc(-c2ccc(NC(C)=O)cc2)c1)C(=O)NCC[C@@H](NC(=O)CCCC(=O)O)C(=O)O. The lowest BCUT2D eigenvalue weighted by atomic mass is 9.98. The standard InChI is InChI=1S/C40H62N6O8Si/c1-3-4-5-6-7-8-13-31(41)26-55-23-21-33(42)38(51)46-35(39(52)43-22-20-34(40(53)54)45-36(48)14-10-15-37(49)50)25-28-11-9-12-30(24-28)29-16-18-32(19-17-29)44-27(2)47/h9,11-12,16-19,24,31,33-35H,3-8,10,13-15,20-23,25-26,41-42,55H2,1-2H3,(H,43,52)(H,44,47)(H,45,48)(H,46,51)(H,49,50)(H,53,54)/t31-,33-,34+,35+/m0/s1. The first-order valence-electron chi connectivity index (χ1n) is 19.6. The van der Waals surface area contributed by atoms with Crippen LogP contribution in [-0.4, -0.2) is 86.0 Å². The first kappa shape index (κ1) is 46.6. The van der Waals surface area contributed by atoms with Crippen LogP contribution in [0.4, 0.5) is 5.69 Å². The maximum Gasteiger partial charge on any atom is 0.326 e. The molecule has 2 rings (SSSR count). The summed E-state index contributed by atoms with van der Waals surface area (Å²) in [5.41, 5.74) is 15.8. The molecule has 0 radical (unpaired) electrons. The summed E-state index contributed by atoms with van der Waals surface area (Å²) in [7, 11) is -0.519. The first-order chi connectivity index (χ1) is 26.3. The lowest BCUT2D eigenvalue weighted by molar-refractivity contribution is -0.142. The van der Waals surface area contributed by atoms with E-state index in [9.17, 15) is 33.9 Å². The van der Waals surface area contributed by atoms with Crippen molar-refractivity contribution in [3.63, 3.8) is 0 Å². The van der Waals surface area contributed by atoms with Crippen molar-refractivity contribution in [1.82, 2.24) is 16.0 Å². The molecule has 0 saturated carbocycles. The van der Waals surface area contributed by atoms with Gasteiger partial charge < -0.3 is 42.9 Å². The van der Waals surface area contributed by atoms with E-state index >= 15 is 0 Å². The molecule has 15 heteroatoms. The molecule has 55 heavy (non-hydrogen) atoms. The topological polar surface area (TPSA) is 243 Å². The monoisotopic (exact) mass is 782 g/mol. The maximum atomic E-state index is 13.6. The highest BCUT2D eigenvalue weighted by Gasteiger charge is 2.26. The molecule has 14 nitrogen and oxygen atoms in total. The Hall–Kier alpha value is -4.60. The second-order valence-electron chi connectivity index (χ2n) is 14.2. The van der Waals surface area contributed by atoms with Gasteiger partial charge in [-0.05, 0) is 60.6 Å². The first-order valence-corrected chi connectivity index (χ1v) is 21.6. The number of carboxylic acids is 2. The van der Waals surface area contributed by atoms with Gasteiger partial charge in [0.25, 0.3) is 0 Å². The van der Waals surface area contributed by atoms with Gasteiger partial charge in [-0.2, -0.15) is 0 Å². The van der Waals surface area contributed by atoms with Crippen molar-refractivity contribution in [3.8, 4) is 11.1 Å². The van der Waals surface area contributed by atoms with E-state index in [-0.39, 0.29) is 50.6 Å². The molecule has 0 unspecified atom stereocenters. The number of anilines is 1. The van der Waals surface area contributed by atoms with Gasteiger partial charge in [0.15, 0.2) is 0 Å². The Morgan fingerprint density at radius 2 is 1.47 bits per heavy atom. The minimum absolute atomic E-state index is 0.0618. The van der Waals surface area contributed by atoms with Crippen LogP contribution in [-0.2, 0) is 35.2 Å². The molecule has 4 amide bonds. The number of unbranched alkanes of at least 4 members (excludes halogenated alkanes) is 5. The van der Waals surface area contributed by atoms with Crippen LogP contribution in [0, 0.1) is 0 Å². The van der Waals surface area contributed by atoms with Gasteiger partial charge in [0.2, 0.25) is 23.6 Å². The van der Waals surface area contributed by atoms with Gasteiger partial charge in [-0.25, -0.2) is 4.79 Å². The summed E-state index contributed by atoms with van der Waals surface area (Å²) in [4.78, 5) is 73.1. The van der Waals surface area contributed by atoms with Crippen molar-refractivity contribution >= 4 is 50.8 Å². The number of hydrogen-bond donors (Lipinski definition) is 8. The van der Waals surface area contributed by atoms with Crippen molar-refractivity contribution in [2.45, 2.75) is 134 Å². The lowest BCUT2D eigenvalue weighted by Gasteiger charge is -2.22. The summed E-state index contributed by atoms with van der Waals surface area (Å²) in [6, 6.07) is 13.6. The van der Waals surface area contributed by atoms with E-state index in [4.69, 9.17) is 16.6 Å². The van der Waals surface area contributed by atoms with Gasteiger partial charge in [0, 0.05) is 54.0 Å². The molecule has 2 aromatic carbocycles. The molecule has 0 saturated heterocycles. The minimum Gasteiger partial charge on any atom is -0.481 e. The third-order valence-electron chi connectivity index (χ3n) is 9.30. The Kier molecular flexibility index (Phi) is 22.2. The zero-order valence-electron chi connectivity index (χ0n) is 32.4. The van der Waals surface area contributed by atoms with E-state index in [2.05, 4.69) is 28.2 Å². The molecule has 0 heterocycles. The van der Waals surface area contributed by atoms with Crippen LogP contribution in [0.2, 0.25) is 12.1 Å². The van der Waals surface area contributed by atoms with E-state index in [1.807, 2.05) is 36.4 Å². The van der Waals surface area contributed by atoms with Crippen LogP contribution in [0.15, 0.2) is 48.5 Å². The zero-order valence-corrected chi connectivity index (χ0v) is 33.9. The van der Waals surface area contributed by atoms with Crippen molar-refractivity contribution in [2.24, 2.45) is 11.5 Å². The molecule has 0 aromatic heterocycles. The van der Waals surface area contributed by atoms with E-state index < -0.39 is 57.3 Å². The Morgan fingerprint density at radius 1 is 0.764 bits per heavy atom. The number of rotatable bonds is 28. The number of carboxylic acid groups (broad SMARTS) is 2. The molecule has 304 valence electrons. The molecule has 0 bridgehead atoms. The highest BCUT2D eigenvalue weighted by atomic mass is 28.2. The zero-order chi connectivity index (χ0) is 40.6. The fourth-order valence-corrected chi connectivity index (χ4v) is 8.00. The van der Waals surface area contributed by atoms with Crippen molar-refractivity contribution in [2.75, 3.05) is 11.9 Å². The predicted octanol–water partition coefficient (Wildman–Crippen LogP) is 3.47. The summed E-state index contributed by atoms with van der Waals surface area (Å²) >= 11 is 0. The molecule has 0 aliphatic rings. The van der Waals surface area contributed by atoms with Gasteiger partial charge in [0.1, 0.15) is 12.1 Å². The molecule has 0 aliphatic carbocycles. The number of aliphatic carboxylic acids is 2. The number of amides is 4. The van der Waals surface area contributed by atoms with E-state index in [1.165, 1.54) is 39.0 Å². The molecule has 0 fully saturated rings. The van der Waals surface area contributed by atoms with Crippen LogP contribution in [0.25, 0.3) is 11.1 Å². The Labute approximate surface area is 327 Å². The third-order valence-corrected chi connectivity index (χ3v) is 11.4. The van der Waals surface area contributed by atoms with Crippen molar-refractivity contribution in [3.05, 3.63) is 54.1 Å². The second-order valence-corrected chi connectivity index (χ2v) is 16.2. The van der Waals surface area contributed by atoms with Gasteiger partial charge >= 0.3 is 11.9 Å². The summed E-state index contributed by atoms with van der Waals surface area (Å²) in [6.07, 6.45) is 8.53. The van der Waals surface area contributed by atoms with Gasteiger partial charge in [-0.15, -0.1) is 0 Å². The summed E-state index contributed by atoms with van der Waals surface area (Å²) < 4.78 is 0. The van der Waals surface area contributed by atoms with E-state index in [1.54, 1.807) is 12.1 Å². The average molecular weight is 783 g/mol. The van der Waals surface area contributed by atoms with Crippen LogP contribution in [0.1, 0.15) is 96.5 Å². The largest absolute Gasteiger partial charge is 0.481 e. The highest BCUT2D eigenvalue weighted by Crippen LogP contribution is 2.23. The molecular formula is C40H62N6O8Si. The molecule has 4 atom stereocenters. The lowest BCUT2D eigenvalue weighted by Crippen LogP contribution is -2.53. The van der Waals surface area contributed by atoms with E-state index in [0.717, 1.165) is 41.6 Å². The quantitative estimate of drug-likeness (QED) is 0.0462. The Bertz CT molecular complexity index is 1530. The van der Waals surface area contributed by atoms with Gasteiger partial charge in [-0.1, -0.05) is 87.9 Å². The number of nitrogens with two attached hydrogens (primary N) is 2. The van der Waals surface area contributed by atoms with Crippen LogP contribution in [0.3, 0.4) is 0 Å². The molecule has 10 N–H and O–H groups in total. The fourth-order valence-electron chi connectivity index (χ4n) is 6.17. The molecule has 0 spiro atoms. The molecule has 0 aliphatic heterocycles. The number of benzene rings is 2. The van der Waals surface area contributed by atoms with Crippen molar-refractivity contribution < 1.29 is 39.0 Å². The van der Waals surface area contributed by atoms with Crippen molar-refractivity contribution in [1.29, 1.82) is 0 Å². The fraction of sp³-hybridized carbons (Fsp3) is 0.550. The van der Waals surface area contributed by atoms with Gasteiger partial charge in [-0.3, -0.25) is 24.0 Å². The van der Waals surface area contributed by atoms with Gasteiger partial charge in [0.05, 0.1) is 6.04 Å². The number of carbonyl (C=O) groups excluding carboxylic acids is 4. The number of carbonyl (C=O) groups is 6. The van der Waals surface area contributed by atoms with Crippen LogP contribution >= 0.6 is 0 Å². The minimum atomic E-state index is -1.31. The molecule has 2 aromatic rings. The smallest absolute Gasteiger partial charge is 0.326 e. The highest BCUT2D eigenvalue weighted by molar-refractivity contribution is 6.35. The third kappa shape index (κ3) is 20.0. The predicted molar refractivity (Wildman–Crippen MR) is 217 cm³/mol. The number of hydrogen-bond acceptors (Lipinski definition) is 8.